The third kappa shape index (κ3) is 7.57. The van der Waals surface area contributed by atoms with E-state index < -0.39 is 29.6 Å². The first-order valence-electron chi connectivity index (χ1n) is 15.3. The largest absolute Gasteiger partial charge is 0.395 e. The average Bonchev–Trinajstić information content (AvgIpc) is 3.45. The molecule has 0 aliphatic heterocycles. The van der Waals surface area contributed by atoms with Crippen LogP contribution in [0.25, 0.3) is 0 Å². The minimum atomic E-state index is -1.19. The molecule has 1 unspecified atom stereocenters. The maximum Gasteiger partial charge on any atom is 0.273 e. The van der Waals surface area contributed by atoms with Gasteiger partial charge in [0.25, 0.3) is 11.8 Å². The molecule has 1 aliphatic rings. The molecule has 4 N–H and O–H groups in total. The number of hydrogen-bond acceptors (Lipinski definition) is 6. The lowest BCUT2D eigenvalue weighted by atomic mass is 9.95. The molecular formula is C35H38FN5O3S. The van der Waals surface area contributed by atoms with Gasteiger partial charge in [-0.2, -0.15) is 4.37 Å². The van der Waals surface area contributed by atoms with Crippen LogP contribution >= 0.6 is 11.5 Å². The number of hydrogen-bond donors (Lipinski definition) is 3. The van der Waals surface area contributed by atoms with Gasteiger partial charge in [0.05, 0.1) is 5.69 Å². The Kier molecular flexibility index (Phi) is 10.2. The molecule has 5 rings (SSSR count). The summed E-state index contributed by atoms with van der Waals surface area (Å²) in [6, 6.07) is 21.1. The molecule has 0 bridgehead atoms. The highest BCUT2D eigenvalue weighted by molar-refractivity contribution is 7.09. The van der Waals surface area contributed by atoms with Crippen molar-refractivity contribution in [1.82, 2.24) is 15.0 Å². The molecule has 0 radical (unpaired) electrons. The van der Waals surface area contributed by atoms with E-state index in [-0.39, 0.29) is 34.8 Å². The summed E-state index contributed by atoms with van der Waals surface area (Å²) in [5.41, 5.74) is 9.18. The van der Waals surface area contributed by atoms with Crippen LogP contribution in [-0.2, 0) is 11.3 Å². The van der Waals surface area contributed by atoms with Crippen LogP contribution in [0.3, 0.4) is 0 Å². The highest BCUT2D eigenvalue weighted by Crippen LogP contribution is 2.34. The van der Waals surface area contributed by atoms with Crippen molar-refractivity contribution in [3.05, 3.63) is 112 Å². The molecule has 0 spiro atoms. The standard InChI is InChI=1S/C35H38FN5O3S/c1-22(2)24-15-19-28(20-16-24)41(35(44)32-29(37)30(40-45-32)33(42)39-27-11-7-4-8-12-27)31(25-13-17-26(36)18-14-25)34(43)38-21-23-9-5-3-6-10-23/h3,5-6,9-10,13-20,22,27,31H,4,7-8,11-12,21,37H2,1-2H3,(H,38,43)(H,39,42). The van der Waals surface area contributed by atoms with Gasteiger partial charge in [0, 0.05) is 18.3 Å². The lowest BCUT2D eigenvalue weighted by Crippen LogP contribution is -2.44. The topological polar surface area (TPSA) is 117 Å². The van der Waals surface area contributed by atoms with Crippen LogP contribution in [-0.4, -0.2) is 28.1 Å². The second kappa shape index (κ2) is 14.5. The molecule has 1 fully saturated rings. The minimum absolute atomic E-state index is 0.00381. The quantitative estimate of drug-likeness (QED) is 0.180. The first-order valence-corrected chi connectivity index (χ1v) is 16.1. The zero-order chi connectivity index (χ0) is 31.9. The second-order valence-electron chi connectivity index (χ2n) is 11.7. The maximum absolute atomic E-state index is 14.5. The number of amides is 3. The van der Waals surface area contributed by atoms with Gasteiger partial charge in [-0.3, -0.25) is 19.3 Å². The van der Waals surface area contributed by atoms with Crippen molar-refractivity contribution in [2.45, 2.75) is 70.5 Å². The molecule has 1 aliphatic carbocycles. The van der Waals surface area contributed by atoms with Crippen molar-refractivity contribution in [1.29, 1.82) is 0 Å². The van der Waals surface area contributed by atoms with E-state index in [1.54, 1.807) is 12.1 Å². The normalized spacial score (nSPS) is 14.1. The Balaban J connectivity index is 1.54. The summed E-state index contributed by atoms with van der Waals surface area (Å²) in [6.45, 7) is 4.35. The number of nitrogen functional groups attached to an aromatic ring is 1. The Morgan fingerprint density at radius 2 is 1.58 bits per heavy atom. The summed E-state index contributed by atoms with van der Waals surface area (Å²) in [5.74, 6) is -1.71. The van der Waals surface area contributed by atoms with Crippen molar-refractivity contribution >= 4 is 40.6 Å². The molecule has 3 amide bonds. The Morgan fingerprint density at radius 3 is 2.22 bits per heavy atom. The second-order valence-corrected chi connectivity index (χ2v) is 12.4. The van der Waals surface area contributed by atoms with Crippen LogP contribution < -0.4 is 21.3 Å². The van der Waals surface area contributed by atoms with Gasteiger partial charge >= 0.3 is 0 Å². The number of nitrogens with two attached hydrogens (primary N) is 1. The minimum Gasteiger partial charge on any atom is -0.395 e. The fourth-order valence-corrected chi connectivity index (χ4v) is 6.31. The molecule has 8 nitrogen and oxygen atoms in total. The first-order chi connectivity index (χ1) is 21.7. The number of anilines is 2. The van der Waals surface area contributed by atoms with Gasteiger partial charge in [0.15, 0.2) is 5.69 Å². The summed E-state index contributed by atoms with van der Waals surface area (Å²) in [7, 11) is 0. The number of nitrogens with one attached hydrogen (secondary N) is 2. The molecule has 1 aromatic heterocycles. The van der Waals surface area contributed by atoms with Crippen molar-refractivity contribution in [3.63, 3.8) is 0 Å². The maximum atomic E-state index is 14.5. The first kappa shape index (κ1) is 31.8. The van der Waals surface area contributed by atoms with Crippen LogP contribution in [0.2, 0.25) is 0 Å². The average molecular weight is 628 g/mol. The van der Waals surface area contributed by atoms with Crippen LogP contribution in [0.5, 0.6) is 0 Å². The van der Waals surface area contributed by atoms with Crippen LogP contribution in [0, 0.1) is 5.82 Å². The Hall–Kier alpha value is -4.57. The number of halogens is 1. The molecule has 0 saturated heterocycles. The third-order valence-corrected chi connectivity index (χ3v) is 8.99. The van der Waals surface area contributed by atoms with Gasteiger partial charge in [0.2, 0.25) is 5.91 Å². The zero-order valence-electron chi connectivity index (χ0n) is 25.5. The Labute approximate surface area is 267 Å². The molecule has 10 heteroatoms. The molecule has 1 atom stereocenters. The predicted octanol–water partition coefficient (Wildman–Crippen LogP) is 6.75. The van der Waals surface area contributed by atoms with Crippen molar-refractivity contribution in [3.8, 4) is 0 Å². The summed E-state index contributed by atoms with van der Waals surface area (Å²) in [4.78, 5) is 43.1. The van der Waals surface area contributed by atoms with Gasteiger partial charge in [-0.05, 0) is 71.2 Å². The van der Waals surface area contributed by atoms with Crippen molar-refractivity contribution in [2.75, 3.05) is 10.6 Å². The van der Waals surface area contributed by atoms with Crippen LogP contribution in [0.4, 0.5) is 15.8 Å². The summed E-state index contributed by atoms with van der Waals surface area (Å²) < 4.78 is 18.3. The van der Waals surface area contributed by atoms with E-state index >= 15 is 0 Å². The number of aromatic nitrogens is 1. The smallest absolute Gasteiger partial charge is 0.273 e. The van der Waals surface area contributed by atoms with Crippen LogP contribution in [0.15, 0.2) is 78.9 Å². The summed E-state index contributed by atoms with van der Waals surface area (Å²) in [6.07, 6.45) is 5.01. The van der Waals surface area contributed by atoms with Gasteiger partial charge in [-0.1, -0.05) is 87.7 Å². The number of nitrogens with zero attached hydrogens (tertiary/aromatic N) is 2. The van der Waals surface area contributed by atoms with Gasteiger partial charge < -0.3 is 16.4 Å². The third-order valence-electron chi connectivity index (χ3n) is 8.14. The number of benzene rings is 3. The van der Waals surface area contributed by atoms with E-state index in [0.29, 0.717) is 11.3 Å². The SMILES string of the molecule is CC(C)c1ccc(N(C(=O)c2snc(C(=O)NC3CCCCC3)c2N)C(C(=O)NCc2ccccc2)c2ccc(F)cc2)cc1. The molecule has 4 aromatic rings. The fourth-order valence-electron chi connectivity index (χ4n) is 5.57. The van der Waals surface area contributed by atoms with E-state index in [0.717, 1.165) is 54.8 Å². The summed E-state index contributed by atoms with van der Waals surface area (Å²) in [5, 5.41) is 5.96. The number of rotatable bonds is 10. The summed E-state index contributed by atoms with van der Waals surface area (Å²) >= 11 is 0.824. The number of carbonyl (C=O) groups is 3. The Bertz CT molecular complexity index is 1620. The van der Waals surface area contributed by atoms with Crippen molar-refractivity contribution < 1.29 is 18.8 Å². The Morgan fingerprint density at radius 1 is 0.933 bits per heavy atom. The molecule has 1 heterocycles. The van der Waals surface area contributed by atoms with Gasteiger partial charge in [-0.25, -0.2) is 4.39 Å². The van der Waals surface area contributed by atoms with E-state index in [4.69, 9.17) is 5.73 Å². The molecule has 1 saturated carbocycles. The van der Waals surface area contributed by atoms with Gasteiger partial charge in [0.1, 0.15) is 16.7 Å². The van der Waals surface area contributed by atoms with E-state index in [2.05, 4.69) is 28.9 Å². The lowest BCUT2D eigenvalue weighted by Gasteiger charge is -2.31. The number of carbonyl (C=O) groups excluding carboxylic acids is 3. The predicted molar refractivity (Wildman–Crippen MR) is 176 cm³/mol. The molecule has 234 valence electrons. The fraction of sp³-hybridized carbons (Fsp3) is 0.314. The highest BCUT2D eigenvalue weighted by atomic mass is 32.1. The van der Waals surface area contributed by atoms with Crippen LogP contribution in [0.1, 0.15) is 94.8 Å². The zero-order valence-corrected chi connectivity index (χ0v) is 26.3. The van der Waals surface area contributed by atoms with E-state index in [1.807, 2.05) is 42.5 Å². The van der Waals surface area contributed by atoms with E-state index in [9.17, 15) is 18.8 Å². The molecule has 3 aromatic carbocycles. The lowest BCUT2D eigenvalue weighted by molar-refractivity contribution is -0.122. The monoisotopic (exact) mass is 627 g/mol. The molecule has 45 heavy (non-hydrogen) atoms. The molecular weight excluding hydrogens is 589 g/mol. The van der Waals surface area contributed by atoms with Crippen molar-refractivity contribution in [2.24, 2.45) is 0 Å². The van der Waals surface area contributed by atoms with Gasteiger partial charge in [-0.15, -0.1) is 0 Å². The van der Waals surface area contributed by atoms with E-state index in [1.165, 1.54) is 29.2 Å². The highest BCUT2D eigenvalue weighted by Gasteiger charge is 2.36.